The highest BCUT2D eigenvalue weighted by Gasteiger charge is 2.25. The third kappa shape index (κ3) is 4.61. The highest BCUT2D eigenvalue weighted by atomic mass is 32.2. The third-order valence-electron chi connectivity index (χ3n) is 3.67. The molecule has 1 saturated carbocycles. The fourth-order valence-electron chi connectivity index (χ4n) is 2.19. The molecular weight excluding hydrogens is 324 g/mol. The van der Waals surface area contributed by atoms with E-state index in [1.807, 2.05) is 41.1 Å². The number of nitrogens with zero attached hydrogens (tertiary/aromatic N) is 2. The number of urea groups is 1. The lowest BCUT2D eigenvalue weighted by molar-refractivity contribution is -0.119. The molecule has 0 aliphatic heterocycles. The van der Waals surface area contributed by atoms with Crippen LogP contribution in [0, 0.1) is 0 Å². The average molecular weight is 344 g/mol. The Morgan fingerprint density at radius 1 is 1.33 bits per heavy atom. The zero-order chi connectivity index (χ0) is 16.9. The quantitative estimate of drug-likeness (QED) is 0.789. The second-order valence-electron chi connectivity index (χ2n) is 5.82. The van der Waals surface area contributed by atoms with Crippen molar-refractivity contribution in [2.45, 2.75) is 42.8 Å². The maximum Gasteiger partial charge on any atom is 0.321 e. The van der Waals surface area contributed by atoms with Gasteiger partial charge in [0.25, 0.3) is 0 Å². The number of aromatic nitrogens is 2. The Morgan fingerprint density at radius 3 is 2.79 bits per heavy atom. The lowest BCUT2D eigenvalue weighted by Crippen LogP contribution is -2.43. The van der Waals surface area contributed by atoms with Gasteiger partial charge in [-0.05, 0) is 25.3 Å². The van der Waals surface area contributed by atoms with Crippen LogP contribution < -0.4 is 10.6 Å². The number of benzene rings is 1. The maximum absolute atomic E-state index is 12.1. The monoisotopic (exact) mass is 344 g/mol. The first-order chi connectivity index (χ1) is 11.6. The molecule has 2 aromatic rings. The van der Waals surface area contributed by atoms with Crippen molar-refractivity contribution < 1.29 is 9.59 Å². The summed E-state index contributed by atoms with van der Waals surface area (Å²) in [6.45, 7) is 2.46. The Hall–Kier alpha value is -2.28. The van der Waals surface area contributed by atoms with Gasteiger partial charge in [0.05, 0.1) is 5.25 Å². The molecular formula is C17H20N4O2S. The lowest BCUT2D eigenvalue weighted by atomic mass is 10.2. The summed E-state index contributed by atoms with van der Waals surface area (Å²) in [7, 11) is 0. The largest absolute Gasteiger partial charge is 0.335 e. The number of nitrogens with one attached hydrogen (secondary N) is 2. The van der Waals surface area contributed by atoms with Crippen molar-refractivity contribution in [2.24, 2.45) is 0 Å². The summed E-state index contributed by atoms with van der Waals surface area (Å²) in [6.07, 6.45) is 5.58. The Kier molecular flexibility index (Phi) is 5.20. The van der Waals surface area contributed by atoms with Crippen molar-refractivity contribution in [1.29, 1.82) is 0 Å². The van der Waals surface area contributed by atoms with Crippen LogP contribution in [-0.4, -0.2) is 32.8 Å². The van der Waals surface area contributed by atoms with Gasteiger partial charge >= 0.3 is 6.03 Å². The van der Waals surface area contributed by atoms with E-state index in [2.05, 4.69) is 15.6 Å². The number of imidazole rings is 1. The first kappa shape index (κ1) is 16.6. The minimum atomic E-state index is -0.414. The molecule has 0 bridgehead atoms. The van der Waals surface area contributed by atoms with Crippen molar-refractivity contribution in [3.8, 4) is 0 Å². The predicted molar refractivity (Wildman–Crippen MR) is 92.8 cm³/mol. The van der Waals surface area contributed by atoms with Gasteiger partial charge in [-0.15, -0.1) is 0 Å². The fraction of sp³-hybridized carbons (Fsp3) is 0.353. The van der Waals surface area contributed by atoms with Crippen molar-refractivity contribution >= 4 is 23.7 Å². The minimum Gasteiger partial charge on any atom is -0.335 e. The molecule has 1 aliphatic carbocycles. The van der Waals surface area contributed by atoms with E-state index >= 15 is 0 Å². The number of rotatable bonds is 6. The first-order valence-electron chi connectivity index (χ1n) is 7.95. The van der Waals surface area contributed by atoms with Gasteiger partial charge in [0.15, 0.2) is 5.16 Å². The number of carbonyl (C=O) groups is 2. The summed E-state index contributed by atoms with van der Waals surface area (Å²) in [6, 6.07) is 9.88. The van der Waals surface area contributed by atoms with Gasteiger partial charge in [-0.1, -0.05) is 42.1 Å². The van der Waals surface area contributed by atoms with Crippen LogP contribution in [0.25, 0.3) is 0 Å². The number of carbonyl (C=O) groups excluding carboxylic acids is 2. The topological polar surface area (TPSA) is 76.0 Å². The van der Waals surface area contributed by atoms with E-state index in [-0.39, 0.29) is 11.9 Å². The second kappa shape index (κ2) is 7.53. The normalized spacial score (nSPS) is 14.9. The Balaban J connectivity index is 1.56. The molecule has 1 fully saturated rings. The van der Waals surface area contributed by atoms with Gasteiger partial charge in [-0.3, -0.25) is 10.1 Å². The summed E-state index contributed by atoms with van der Waals surface area (Å²) in [5, 5.41) is 5.47. The second-order valence-corrected chi connectivity index (χ2v) is 7.13. The molecule has 6 nitrogen and oxygen atoms in total. The molecule has 0 radical (unpaired) electrons. The summed E-state index contributed by atoms with van der Waals surface area (Å²) in [4.78, 5) is 28.1. The highest BCUT2D eigenvalue weighted by Crippen LogP contribution is 2.23. The van der Waals surface area contributed by atoms with E-state index in [9.17, 15) is 9.59 Å². The summed E-state index contributed by atoms with van der Waals surface area (Å²) < 4.78 is 1.99. The van der Waals surface area contributed by atoms with Crippen molar-refractivity contribution in [3.05, 3.63) is 48.3 Å². The van der Waals surface area contributed by atoms with E-state index in [1.165, 1.54) is 17.3 Å². The SMILES string of the molecule is CC(Sc1nccn1Cc1ccccc1)C(=O)NC(=O)NC1CC1. The fourth-order valence-corrected chi connectivity index (χ4v) is 3.05. The lowest BCUT2D eigenvalue weighted by Gasteiger charge is -2.13. The van der Waals surface area contributed by atoms with Crippen molar-refractivity contribution in [3.63, 3.8) is 0 Å². The summed E-state index contributed by atoms with van der Waals surface area (Å²) in [5.41, 5.74) is 1.17. The van der Waals surface area contributed by atoms with Crippen LogP contribution in [0.3, 0.4) is 0 Å². The van der Waals surface area contributed by atoms with Crippen LogP contribution in [0.4, 0.5) is 4.79 Å². The van der Waals surface area contributed by atoms with Crippen LogP contribution in [0.15, 0.2) is 47.9 Å². The molecule has 1 heterocycles. The van der Waals surface area contributed by atoms with Gasteiger partial charge in [0, 0.05) is 25.0 Å². The predicted octanol–water partition coefficient (Wildman–Crippen LogP) is 2.40. The Morgan fingerprint density at radius 2 is 2.08 bits per heavy atom. The van der Waals surface area contributed by atoms with Gasteiger partial charge in [0.1, 0.15) is 0 Å². The zero-order valence-electron chi connectivity index (χ0n) is 13.4. The van der Waals surface area contributed by atoms with Crippen LogP contribution in [-0.2, 0) is 11.3 Å². The average Bonchev–Trinajstić information content (AvgIpc) is 3.27. The van der Waals surface area contributed by atoms with Crippen LogP contribution in [0.1, 0.15) is 25.3 Å². The molecule has 2 N–H and O–H groups in total. The minimum absolute atomic E-state index is 0.227. The van der Waals surface area contributed by atoms with Crippen molar-refractivity contribution in [1.82, 2.24) is 20.2 Å². The summed E-state index contributed by atoms with van der Waals surface area (Å²) >= 11 is 1.34. The molecule has 7 heteroatoms. The molecule has 3 rings (SSSR count). The molecule has 0 saturated heterocycles. The molecule has 1 atom stereocenters. The van der Waals surface area contributed by atoms with Gasteiger partial charge in [-0.25, -0.2) is 9.78 Å². The molecule has 24 heavy (non-hydrogen) atoms. The Bertz CT molecular complexity index is 712. The number of thioether (sulfide) groups is 1. The smallest absolute Gasteiger partial charge is 0.321 e. The number of amides is 3. The van der Waals surface area contributed by atoms with E-state index in [0.717, 1.165) is 18.0 Å². The van der Waals surface area contributed by atoms with Crippen LogP contribution in [0.2, 0.25) is 0 Å². The summed E-state index contributed by atoms with van der Waals surface area (Å²) in [5.74, 6) is -0.313. The number of hydrogen-bond acceptors (Lipinski definition) is 4. The number of hydrogen-bond donors (Lipinski definition) is 2. The zero-order valence-corrected chi connectivity index (χ0v) is 14.3. The third-order valence-corrected chi connectivity index (χ3v) is 4.79. The standard InChI is InChI=1S/C17H20N4O2S/c1-12(15(22)20-16(23)19-14-7-8-14)24-17-18-9-10-21(17)11-13-5-3-2-4-6-13/h2-6,9-10,12,14H,7-8,11H2,1H3,(H2,19,20,22,23). The van der Waals surface area contributed by atoms with E-state index in [1.54, 1.807) is 13.1 Å². The van der Waals surface area contributed by atoms with Crippen LogP contribution in [0.5, 0.6) is 0 Å². The highest BCUT2D eigenvalue weighted by molar-refractivity contribution is 8.00. The van der Waals surface area contributed by atoms with Crippen LogP contribution >= 0.6 is 11.8 Å². The molecule has 126 valence electrons. The van der Waals surface area contributed by atoms with Crippen molar-refractivity contribution in [2.75, 3.05) is 0 Å². The molecule has 1 aliphatic rings. The van der Waals surface area contributed by atoms with E-state index < -0.39 is 11.3 Å². The first-order valence-corrected chi connectivity index (χ1v) is 8.83. The molecule has 1 unspecified atom stereocenters. The molecule has 3 amide bonds. The van der Waals surface area contributed by atoms with E-state index in [4.69, 9.17) is 0 Å². The van der Waals surface area contributed by atoms with Gasteiger partial charge in [-0.2, -0.15) is 0 Å². The van der Waals surface area contributed by atoms with Gasteiger partial charge < -0.3 is 9.88 Å². The number of imide groups is 1. The maximum atomic E-state index is 12.1. The molecule has 0 spiro atoms. The molecule has 1 aromatic carbocycles. The Labute approximate surface area is 145 Å². The van der Waals surface area contributed by atoms with Gasteiger partial charge in [0.2, 0.25) is 5.91 Å². The molecule has 1 aromatic heterocycles. The van der Waals surface area contributed by atoms with E-state index in [0.29, 0.717) is 6.54 Å².